The van der Waals surface area contributed by atoms with Crippen LogP contribution in [0.5, 0.6) is 11.5 Å². The van der Waals surface area contributed by atoms with Crippen molar-refractivity contribution >= 4 is 57.4 Å². The van der Waals surface area contributed by atoms with E-state index >= 15 is 0 Å². The number of carbonyl (C=O) groups excluding carboxylic acids is 2. The third kappa shape index (κ3) is 7.17. The van der Waals surface area contributed by atoms with Gasteiger partial charge in [-0.3, -0.25) is 10.1 Å². The van der Waals surface area contributed by atoms with Crippen LogP contribution in [-0.4, -0.2) is 52.7 Å². The fourth-order valence-corrected chi connectivity index (χ4v) is 4.55. The quantitative estimate of drug-likeness (QED) is 0.289. The fraction of sp³-hybridized carbons (Fsp3) is 0.407. The lowest BCUT2D eigenvalue weighted by Crippen LogP contribution is -2.34. The van der Waals surface area contributed by atoms with Crippen LogP contribution in [-0.2, 0) is 14.3 Å². The molecule has 1 amide bonds. The number of halogens is 1. The molecule has 10 nitrogen and oxygen atoms in total. The molecule has 0 bridgehead atoms. The highest BCUT2D eigenvalue weighted by atomic mass is 35.5. The maximum Gasteiger partial charge on any atom is 0.344 e. The van der Waals surface area contributed by atoms with Gasteiger partial charge < -0.3 is 24.3 Å². The van der Waals surface area contributed by atoms with Gasteiger partial charge in [0.05, 0.1) is 29.5 Å². The van der Waals surface area contributed by atoms with E-state index in [2.05, 4.69) is 15.7 Å². The van der Waals surface area contributed by atoms with Crippen LogP contribution >= 0.6 is 23.8 Å². The molecule has 1 saturated heterocycles. The Bertz CT molecular complexity index is 1380. The van der Waals surface area contributed by atoms with Gasteiger partial charge in [-0.25, -0.2) is 9.48 Å². The summed E-state index contributed by atoms with van der Waals surface area (Å²) >= 11 is 12.0. The standard InChI is InChI=1S/C27H31ClN4O6S/c1-27(2,3)38-23(33)15-37-20-11-8-16(13-21(20)35-4)25(34)31-26(39)30-18-9-10-19-17(24(18)28)14-29-32(19)22-7-5-6-12-36-22/h8-11,13-14,22H,5-7,12,15H2,1-4H3,(H2,30,31,34,39). The Morgan fingerprint density at radius 3 is 2.69 bits per heavy atom. The lowest BCUT2D eigenvalue weighted by atomic mass is 10.2. The number of rotatable bonds is 7. The first kappa shape index (κ1) is 28.6. The molecule has 2 N–H and O–H groups in total. The SMILES string of the molecule is COc1cc(C(=O)NC(=S)Nc2ccc3c(cnn3C3CCCCO3)c2Cl)ccc1OCC(=O)OC(C)(C)C. The Kier molecular flexibility index (Phi) is 8.94. The Morgan fingerprint density at radius 1 is 1.21 bits per heavy atom. The number of thiocarbonyl (C=S) groups is 1. The average molecular weight is 575 g/mol. The minimum Gasteiger partial charge on any atom is -0.493 e. The molecule has 39 heavy (non-hydrogen) atoms. The smallest absolute Gasteiger partial charge is 0.344 e. The number of fused-ring (bicyclic) bond motifs is 1. The minimum absolute atomic E-state index is 0.0634. The molecule has 1 unspecified atom stereocenters. The molecule has 0 radical (unpaired) electrons. The van der Waals surface area contributed by atoms with Gasteiger partial charge in [0.2, 0.25) is 0 Å². The van der Waals surface area contributed by atoms with Gasteiger partial charge in [0.25, 0.3) is 5.91 Å². The molecule has 3 aromatic rings. The summed E-state index contributed by atoms with van der Waals surface area (Å²) in [6.07, 6.45) is 4.61. The van der Waals surface area contributed by atoms with E-state index in [1.807, 2.05) is 10.7 Å². The minimum atomic E-state index is -0.624. The third-order valence-corrected chi connectivity index (χ3v) is 6.42. The molecule has 1 aromatic heterocycles. The first-order chi connectivity index (χ1) is 18.6. The van der Waals surface area contributed by atoms with Gasteiger partial charge >= 0.3 is 5.97 Å². The maximum absolute atomic E-state index is 12.9. The van der Waals surface area contributed by atoms with Gasteiger partial charge in [0.15, 0.2) is 29.4 Å². The maximum atomic E-state index is 12.9. The molecule has 1 aliphatic rings. The number of hydrogen-bond acceptors (Lipinski definition) is 8. The van der Waals surface area contributed by atoms with Crippen LogP contribution in [0.2, 0.25) is 5.02 Å². The highest BCUT2D eigenvalue weighted by Gasteiger charge is 2.21. The van der Waals surface area contributed by atoms with Gasteiger partial charge in [-0.05, 0) is 82.6 Å². The molecule has 4 rings (SSSR count). The zero-order valence-corrected chi connectivity index (χ0v) is 23.8. The second-order valence-corrected chi connectivity index (χ2v) is 10.7. The second-order valence-electron chi connectivity index (χ2n) is 9.92. The summed E-state index contributed by atoms with van der Waals surface area (Å²) in [5.74, 6) is -0.421. The van der Waals surface area contributed by atoms with E-state index < -0.39 is 17.5 Å². The normalized spacial score (nSPS) is 15.5. The largest absolute Gasteiger partial charge is 0.493 e. The zero-order valence-electron chi connectivity index (χ0n) is 22.2. The predicted octanol–water partition coefficient (Wildman–Crippen LogP) is 5.24. The van der Waals surface area contributed by atoms with Crippen molar-refractivity contribution in [2.75, 3.05) is 25.6 Å². The molecule has 0 spiro atoms. The van der Waals surface area contributed by atoms with E-state index in [0.717, 1.165) is 30.2 Å². The van der Waals surface area contributed by atoms with Crippen LogP contribution < -0.4 is 20.1 Å². The summed E-state index contributed by atoms with van der Waals surface area (Å²) in [5.41, 5.74) is 1.03. The summed E-state index contributed by atoms with van der Waals surface area (Å²) in [4.78, 5) is 24.8. The summed E-state index contributed by atoms with van der Waals surface area (Å²) in [6.45, 7) is 5.72. The van der Waals surface area contributed by atoms with Crippen LogP contribution in [0.3, 0.4) is 0 Å². The molecule has 1 fully saturated rings. The molecule has 2 aromatic carbocycles. The molecule has 0 aliphatic carbocycles. The highest BCUT2D eigenvalue weighted by Crippen LogP contribution is 2.34. The van der Waals surface area contributed by atoms with Gasteiger partial charge in [-0.1, -0.05) is 11.6 Å². The van der Waals surface area contributed by atoms with E-state index in [0.29, 0.717) is 23.1 Å². The van der Waals surface area contributed by atoms with E-state index in [-0.39, 0.29) is 29.3 Å². The van der Waals surface area contributed by atoms with Crippen molar-refractivity contribution in [3.05, 3.63) is 47.1 Å². The molecule has 12 heteroatoms. The number of ether oxygens (including phenoxy) is 4. The van der Waals surface area contributed by atoms with Crippen LogP contribution in [0.25, 0.3) is 10.9 Å². The molecular weight excluding hydrogens is 544 g/mol. The Labute approximate surface area is 236 Å². The number of esters is 1. The van der Waals surface area contributed by atoms with Crippen LogP contribution in [0.1, 0.15) is 56.6 Å². The lowest BCUT2D eigenvalue weighted by molar-refractivity contribution is -0.157. The molecule has 1 atom stereocenters. The summed E-state index contributed by atoms with van der Waals surface area (Å²) < 4.78 is 23.8. The predicted molar refractivity (Wildman–Crippen MR) is 152 cm³/mol. The molecule has 2 heterocycles. The number of benzene rings is 2. The molecule has 1 aliphatic heterocycles. The summed E-state index contributed by atoms with van der Waals surface area (Å²) in [5, 5.41) is 11.3. The van der Waals surface area contributed by atoms with Crippen molar-refractivity contribution in [2.45, 2.75) is 51.9 Å². The van der Waals surface area contributed by atoms with Crippen LogP contribution in [0, 0.1) is 0 Å². The number of amides is 1. The van der Waals surface area contributed by atoms with Gasteiger partial charge in [0, 0.05) is 17.6 Å². The first-order valence-corrected chi connectivity index (χ1v) is 13.3. The van der Waals surface area contributed by atoms with Crippen molar-refractivity contribution in [1.29, 1.82) is 0 Å². The van der Waals surface area contributed by atoms with E-state index in [1.54, 1.807) is 33.0 Å². The number of aromatic nitrogens is 2. The Balaban J connectivity index is 1.39. The first-order valence-electron chi connectivity index (χ1n) is 12.5. The average Bonchev–Trinajstić information content (AvgIpc) is 3.33. The Morgan fingerprint density at radius 2 is 2.00 bits per heavy atom. The van der Waals surface area contributed by atoms with E-state index in [9.17, 15) is 9.59 Å². The van der Waals surface area contributed by atoms with E-state index in [1.165, 1.54) is 25.3 Å². The molecule has 208 valence electrons. The Hall–Kier alpha value is -3.41. The van der Waals surface area contributed by atoms with Crippen molar-refractivity contribution in [3.63, 3.8) is 0 Å². The number of anilines is 1. The number of nitrogens with one attached hydrogen (secondary N) is 2. The van der Waals surface area contributed by atoms with Crippen molar-refractivity contribution < 1.29 is 28.5 Å². The van der Waals surface area contributed by atoms with Crippen molar-refractivity contribution in [2.24, 2.45) is 0 Å². The third-order valence-electron chi connectivity index (χ3n) is 5.81. The summed E-state index contributed by atoms with van der Waals surface area (Å²) in [6, 6.07) is 8.23. The highest BCUT2D eigenvalue weighted by molar-refractivity contribution is 7.80. The summed E-state index contributed by atoms with van der Waals surface area (Å²) in [7, 11) is 1.43. The van der Waals surface area contributed by atoms with Gasteiger partial charge in [-0.15, -0.1) is 0 Å². The second kappa shape index (κ2) is 12.2. The van der Waals surface area contributed by atoms with Crippen molar-refractivity contribution in [3.8, 4) is 11.5 Å². The number of carbonyl (C=O) groups is 2. The molecular formula is C27H31ClN4O6S. The number of nitrogens with zero attached hydrogens (tertiary/aromatic N) is 2. The van der Waals surface area contributed by atoms with Crippen molar-refractivity contribution in [1.82, 2.24) is 15.1 Å². The monoisotopic (exact) mass is 574 g/mol. The van der Waals surface area contributed by atoms with Gasteiger partial charge in [-0.2, -0.15) is 5.10 Å². The van der Waals surface area contributed by atoms with Gasteiger partial charge in [0.1, 0.15) is 5.60 Å². The zero-order chi connectivity index (χ0) is 28.2. The molecule has 0 saturated carbocycles. The fourth-order valence-electron chi connectivity index (χ4n) is 4.09. The van der Waals surface area contributed by atoms with Crippen LogP contribution in [0.15, 0.2) is 36.5 Å². The van der Waals surface area contributed by atoms with Crippen LogP contribution in [0.4, 0.5) is 5.69 Å². The topological polar surface area (TPSA) is 113 Å². The number of methoxy groups -OCH3 is 1. The lowest BCUT2D eigenvalue weighted by Gasteiger charge is -2.23. The number of hydrogen-bond donors (Lipinski definition) is 2. The van der Waals surface area contributed by atoms with E-state index in [4.69, 9.17) is 42.8 Å².